The molecular weight excluding hydrogens is 360 g/mol. The standard InChI is InChI=1S/C22H25ClN2O2/c23-18-10-8-17(9-11-18)12-14-25-22(27)20-15-19(20)21(26)24-13-4-7-16-5-2-1-3-6-16/h1-3,5-6,8-11,19-20H,4,7,12-15H2,(H,24,26)(H,25,27). The van der Waals surface area contributed by atoms with E-state index in [2.05, 4.69) is 22.8 Å². The molecule has 0 spiro atoms. The average Bonchev–Trinajstić information content (AvgIpc) is 3.48. The molecule has 0 heterocycles. The Labute approximate surface area is 165 Å². The van der Waals surface area contributed by atoms with Crippen molar-refractivity contribution in [3.63, 3.8) is 0 Å². The second kappa shape index (κ2) is 9.56. The summed E-state index contributed by atoms with van der Waals surface area (Å²) in [5, 5.41) is 6.59. The van der Waals surface area contributed by atoms with Gasteiger partial charge >= 0.3 is 0 Å². The van der Waals surface area contributed by atoms with Crippen molar-refractivity contribution in [3.05, 3.63) is 70.7 Å². The number of aryl methyl sites for hydroxylation is 1. The van der Waals surface area contributed by atoms with Crippen LogP contribution in [0.3, 0.4) is 0 Å². The lowest BCUT2D eigenvalue weighted by molar-refractivity contribution is -0.127. The highest BCUT2D eigenvalue weighted by Crippen LogP contribution is 2.38. The van der Waals surface area contributed by atoms with E-state index in [1.807, 2.05) is 42.5 Å². The van der Waals surface area contributed by atoms with Gasteiger partial charge in [-0.1, -0.05) is 54.1 Å². The number of amides is 2. The molecule has 0 aliphatic heterocycles. The summed E-state index contributed by atoms with van der Waals surface area (Å²) in [5.74, 6) is -0.365. The summed E-state index contributed by atoms with van der Waals surface area (Å²) in [7, 11) is 0. The SMILES string of the molecule is O=C(NCCCc1ccccc1)C1CC1C(=O)NCCc1ccc(Cl)cc1. The van der Waals surface area contributed by atoms with Crippen LogP contribution in [-0.2, 0) is 22.4 Å². The van der Waals surface area contributed by atoms with Crippen LogP contribution in [0, 0.1) is 11.8 Å². The van der Waals surface area contributed by atoms with Crippen molar-refractivity contribution in [1.29, 1.82) is 0 Å². The van der Waals surface area contributed by atoms with E-state index in [4.69, 9.17) is 11.6 Å². The Morgan fingerprint density at radius 1 is 0.815 bits per heavy atom. The predicted octanol–water partition coefficient (Wildman–Crippen LogP) is 3.38. The lowest BCUT2D eigenvalue weighted by Gasteiger charge is -2.07. The largest absolute Gasteiger partial charge is 0.356 e. The normalized spacial score (nSPS) is 18.0. The minimum atomic E-state index is -0.177. The second-order valence-corrected chi connectivity index (χ2v) is 7.43. The van der Waals surface area contributed by atoms with E-state index in [-0.39, 0.29) is 23.7 Å². The van der Waals surface area contributed by atoms with Crippen LogP contribution in [0.15, 0.2) is 54.6 Å². The van der Waals surface area contributed by atoms with Gasteiger partial charge < -0.3 is 10.6 Å². The van der Waals surface area contributed by atoms with Crippen molar-refractivity contribution in [1.82, 2.24) is 10.6 Å². The van der Waals surface area contributed by atoms with E-state index < -0.39 is 0 Å². The van der Waals surface area contributed by atoms with Crippen molar-refractivity contribution < 1.29 is 9.59 Å². The second-order valence-electron chi connectivity index (χ2n) is 7.00. The molecule has 0 bridgehead atoms. The molecule has 2 aromatic carbocycles. The first kappa shape index (κ1) is 19.4. The number of hydrogen-bond donors (Lipinski definition) is 2. The van der Waals surface area contributed by atoms with Crippen LogP contribution < -0.4 is 10.6 Å². The summed E-state index contributed by atoms with van der Waals surface area (Å²) in [5.41, 5.74) is 2.40. The quantitative estimate of drug-likeness (QED) is 0.651. The van der Waals surface area contributed by atoms with Crippen LogP contribution in [0.4, 0.5) is 0 Å². The van der Waals surface area contributed by atoms with Crippen LogP contribution in [0.1, 0.15) is 24.0 Å². The molecular formula is C22H25ClN2O2. The third-order valence-electron chi connectivity index (χ3n) is 4.87. The molecule has 2 N–H and O–H groups in total. The number of carbonyl (C=O) groups excluding carboxylic acids is 2. The highest BCUT2D eigenvalue weighted by molar-refractivity contribution is 6.30. The third kappa shape index (κ3) is 6.10. The Morgan fingerprint density at radius 2 is 1.41 bits per heavy atom. The molecule has 0 saturated heterocycles. The van der Waals surface area contributed by atoms with Gasteiger partial charge in [-0.05, 0) is 48.9 Å². The summed E-state index contributed by atoms with van der Waals surface area (Å²) in [6.07, 6.45) is 3.25. The Balaban J connectivity index is 1.29. The first-order valence-corrected chi connectivity index (χ1v) is 9.85. The molecule has 0 radical (unpaired) electrons. The Morgan fingerprint density at radius 3 is 2.07 bits per heavy atom. The zero-order chi connectivity index (χ0) is 19.1. The number of rotatable bonds is 9. The maximum absolute atomic E-state index is 12.2. The fourth-order valence-corrected chi connectivity index (χ4v) is 3.29. The smallest absolute Gasteiger partial charge is 0.223 e. The molecule has 2 aromatic rings. The first-order chi connectivity index (χ1) is 13.1. The molecule has 2 amide bonds. The molecule has 1 fully saturated rings. The van der Waals surface area contributed by atoms with Crippen molar-refractivity contribution in [3.8, 4) is 0 Å². The Hall–Kier alpha value is -2.33. The van der Waals surface area contributed by atoms with E-state index in [9.17, 15) is 9.59 Å². The minimum absolute atomic E-state index is 0.000845. The first-order valence-electron chi connectivity index (χ1n) is 9.47. The fraction of sp³-hybridized carbons (Fsp3) is 0.364. The summed E-state index contributed by atoms with van der Waals surface area (Å²) in [4.78, 5) is 24.3. The van der Waals surface area contributed by atoms with Crippen molar-refractivity contribution in [2.75, 3.05) is 13.1 Å². The van der Waals surface area contributed by atoms with Gasteiger partial charge in [0.2, 0.25) is 11.8 Å². The highest BCUT2D eigenvalue weighted by Gasteiger charge is 2.47. The minimum Gasteiger partial charge on any atom is -0.356 e. The molecule has 1 aliphatic carbocycles. The highest BCUT2D eigenvalue weighted by atomic mass is 35.5. The number of halogens is 1. The van der Waals surface area contributed by atoms with Gasteiger partial charge in [-0.25, -0.2) is 0 Å². The van der Waals surface area contributed by atoms with Crippen molar-refractivity contribution in [2.45, 2.75) is 25.7 Å². The summed E-state index contributed by atoms with van der Waals surface area (Å²) in [6, 6.07) is 17.8. The van der Waals surface area contributed by atoms with Crippen LogP contribution in [0.5, 0.6) is 0 Å². The number of hydrogen-bond acceptors (Lipinski definition) is 2. The van der Waals surface area contributed by atoms with Gasteiger partial charge in [-0.3, -0.25) is 9.59 Å². The topological polar surface area (TPSA) is 58.2 Å². The maximum Gasteiger partial charge on any atom is 0.223 e. The summed E-state index contributed by atoms with van der Waals surface area (Å²) >= 11 is 5.86. The fourth-order valence-electron chi connectivity index (χ4n) is 3.17. The van der Waals surface area contributed by atoms with Crippen LogP contribution in [0.25, 0.3) is 0 Å². The molecule has 4 nitrogen and oxygen atoms in total. The summed E-state index contributed by atoms with van der Waals surface area (Å²) in [6.45, 7) is 1.22. The predicted molar refractivity (Wildman–Crippen MR) is 108 cm³/mol. The van der Waals surface area contributed by atoms with E-state index in [0.717, 1.165) is 24.8 Å². The molecule has 142 valence electrons. The van der Waals surface area contributed by atoms with Crippen LogP contribution in [-0.4, -0.2) is 24.9 Å². The van der Waals surface area contributed by atoms with E-state index in [1.165, 1.54) is 5.56 Å². The number of benzene rings is 2. The van der Waals surface area contributed by atoms with Crippen molar-refractivity contribution >= 4 is 23.4 Å². The number of carbonyl (C=O) groups is 2. The molecule has 27 heavy (non-hydrogen) atoms. The van der Waals surface area contributed by atoms with E-state index >= 15 is 0 Å². The van der Waals surface area contributed by atoms with Crippen LogP contribution >= 0.6 is 11.6 Å². The molecule has 3 rings (SSSR count). The number of nitrogens with one attached hydrogen (secondary N) is 2. The van der Waals surface area contributed by atoms with Gasteiger partial charge in [0.15, 0.2) is 0 Å². The average molecular weight is 385 g/mol. The molecule has 1 aliphatic rings. The zero-order valence-corrected chi connectivity index (χ0v) is 16.0. The monoisotopic (exact) mass is 384 g/mol. The molecule has 1 saturated carbocycles. The lowest BCUT2D eigenvalue weighted by Crippen LogP contribution is -2.31. The zero-order valence-electron chi connectivity index (χ0n) is 15.3. The van der Waals surface area contributed by atoms with Gasteiger partial charge in [0, 0.05) is 18.1 Å². The lowest BCUT2D eigenvalue weighted by atomic mass is 10.1. The maximum atomic E-state index is 12.2. The van der Waals surface area contributed by atoms with Gasteiger partial charge in [0.1, 0.15) is 0 Å². The summed E-state index contributed by atoms with van der Waals surface area (Å²) < 4.78 is 0. The van der Waals surface area contributed by atoms with Crippen LogP contribution in [0.2, 0.25) is 5.02 Å². The molecule has 2 unspecified atom stereocenters. The molecule has 5 heteroatoms. The van der Waals surface area contributed by atoms with E-state index in [1.54, 1.807) is 0 Å². The van der Waals surface area contributed by atoms with Crippen molar-refractivity contribution in [2.24, 2.45) is 11.8 Å². The Kier molecular flexibility index (Phi) is 6.88. The molecule has 2 atom stereocenters. The Bertz CT molecular complexity index is 762. The third-order valence-corrected chi connectivity index (χ3v) is 5.13. The molecule has 0 aromatic heterocycles. The van der Waals surface area contributed by atoms with Gasteiger partial charge in [0.05, 0.1) is 11.8 Å². The van der Waals surface area contributed by atoms with Gasteiger partial charge in [-0.2, -0.15) is 0 Å². The van der Waals surface area contributed by atoms with Gasteiger partial charge in [0.25, 0.3) is 0 Å². The van der Waals surface area contributed by atoms with Gasteiger partial charge in [-0.15, -0.1) is 0 Å². The van der Waals surface area contributed by atoms with E-state index in [0.29, 0.717) is 24.5 Å².